The molecule has 1 aliphatic rings. The van der Waals surface area contributed by atoms with Crippen molar-refractivity contribution >= 4 is 45.9 Å². The lowest BCUT2D eigenvalue weighted by atomic mass is 10.1. The molecule has 2 heterocycles. The Morgan fingerprint density at radius 3 is 2.76 bits per heavy atom. The molecule has 1 fully saturated rings. The molecular weight excluding hydrogens is 547 g/mol. The average Bonchev–Trinajstić information content (AvgIpc) is 3.45. The topological polar surface area (TPSA) is 102 Å². The quantitative estimate of drug-likeness (QED) is 0.437. The van der Waals surface area contributed by atoms with Crippen LogP contribution in [0.25, 0.3) is 0 Å². The SMILES string of the molecule is NC(=O)c1c(Nc2ccc(I)cc2F)cc(F)cc1OC[C@H]1CCCN1C(=O)n1ccnc1. The lowest BCUT2D eigenvalue weighted by Crippen LogP contribution is -2.41. The normalized spacial score (nSPS) is 15.5. The molecule has 1 aromatic heterocycles. The summed E-state index contributed by atoms with van der Waals surface area (Å²) in [5.41, 5.74) is 5.48. The number of nitrogens with zero attached hydrogens (tertiary/aromatic N) is 3. The highest BCUT2D eigenvalue weighted by Crippen LogP contribution is 2.32. The highest BCUT2D eigenvalue weighted by Gasteiger charge is 2.31. The Hall–Kier alpha value is -3.22. The number of likely N-dealkylation sites (tertiary alicyclic amines) is 1. The summed E-state index contributed by atoms with van der Waals surface area (Å²) in [5, 5.41) is 2.73. The predicted octanol–water partition coefficient (Wildman–Crippen LogP) is 4.12. The molecule has 1 saturated heterocycles. The first kappa shape index (κ1) is 23.0. The lowest BCUT2D eigenvalue weighted by molar-refractivity contribution is 0.0994. The minimum absolute atomic E-state index is 0.0182. The van der Waals surface area contributed by atoms with Gasteiger partial charge in [-0.3, -0.25) is 9.36 Å². The molecule has 0 unspecified atom stereocenters. The Balaban J connectivity index is 1.57. The second-order valence-electron chi connectivity index (χ2n) is 7.49. The molecule has 0 aliphatic carbocycles. The molecule has 3 aromatic rings. The fourth-order valence-corrected chi connectivity index (χ4v) is 4.20. The van der Waals surface area contributed by atoms with Gasteiger partial charge in [-0.2, -0.15) is 0 Å². The molecule has 4 rings (SSSR count). The number of imidazole rings is 1. The van der Waals surface area contributed by atoms with Gasteiger partial charge in [-0.05, 0) is 59.7 Å². The zero-order chi connectivity index (χ0) is 23.5. The number of nitrogens with one attached hydrogen (secondary N) is 1. The number of anilines is 2. The first-order chi connectivity index (χ1) is 15.8. The molecule has 2 amide bonds. The molecule has 8 nitrogen and oxygen atoms in total. The van der Waals surface area contributed by atoms with E-state index >= 15 is 0 Å². The highest BCUT2D eigenvalue weighted by molar-refractivity contribution is 14.1. The first-order valence-electron chi connectivity index (χ1n) is 10.1. The van der Waals surface area contributed by atoms with Crippen LogP contribution >= 0.6 is 22.6 Å². The van der Waals surface area contributed by atoms with Gasteiger partial charge in [-0.15, -0.1) is 0 Å². The van der Waals surface area contributed by atoms with E-state index in [1.54, 1.807) is 17.2 Å². The Kier molecular flexibility index (Phi) is 6.77. The number of carbonyl (C=O) groups excluding carboxylic acids is 2. The number of carbonyl (C=O) groups is 2. The number of benzene rings is 2. The number of halogens is 3. The maximum absolute atomic E-state index is 14.4. The second kappa shape index (κ2) is 9.73. The number of ether oxygens (including phenoxy) is 1. The summed E-state index contributed by atoms with van der Waals surface area (Å²) in [5.74, 6) is -2.21. The van der Waals surface area contributed by atoms with E-state index in [0.717, 1.165) is 18.6 Å². The van der Waals surface area contributed by atoms with Crippen LogP contribution in [-0.4, -0.2) is 45.6 Å². The molecule has 0 radical (unpaired) electrons. The van der Waals surface area contributed by atoms with Gasteiger partial charge < -0.3 is 20.7 Å². The molecule has 0 spiro atoms. The van der Waals surface area contributed by atoms with E-state index in [2.05, 4.69) is 10.3 Å². The summed E-state index contributed by atoms with van der Waals surface area (Å²) in [6.07, 6.45) is 5.94. The molecule has 1 atom stereocenters. The summed E-state index contributed by atoms with van der Waals surface area (Å²) in [6, 6.07) is 6.01. The van der Waals surface area contributed by atoms with Crippen molar-refractivity contribution in [2.75, 3.05) is 18.5 Å². The Morgan fingerprint density at radius 1 is 1.24 bits per heavy atom. The maximum Gasteiger partial charge on any atom is 0.329 e. The van der Waals surface area contributed by atoms with Gasteiger partial charge in [-0.25, -0.2) is 18.6 Å². The van der Waals surface area contributed by atoms with Crippen molar-refractivity contribution in [2.24, 2.45) is 5.73 Å². The van der Waals surface area contributed by atoms with Crippen LogP contribution in [0.4, 0.5) is 25.0 Å². The van der Waals surface area contributed by atoms with Crippen LogP contribution in [0, 0.1) is 15.2 Å². The van der Waals surface area contributed by atoms with Crippen LogP contribution in [0.1, 0.15) is 23.2 Å². The molecule has 0 bridgehead atoms. The van der Waals surface area contributed by atoms with Crippen molar-refractivity contribution in [1.82, 2.24) is 14.5 Å². The van der Waals surface area contributed by atoms with E-state index in [1.807, 2.05) is 22.6 Å². The summed E-state index contributed by atoms with van der Waals surface area (Å²) < 4.78 is 36.5. The monoisotopic (exact) mass is 567 g/mol. The highest BCUT2D eigenvalue weighted by atomic mass is 127. The van der Waals surface area contributed by atoms with Crippen LogP contribution in [0.15, 0.2) is 49.1 Å². The molecular formula is C22H20F2IN5O3. The van der Waals surface area contributed by atoms with Gasteiger partial charge in [0.15, 0.2) is 0 Å². The number of hydrogen-bond acceptors (Lipinski definition) is 5. The number of aromatic nitrogens is 2. The van der Waals surface area contributed by atoms with Gasteiger partial charge in [0.2, 0.25) is 0 Å². The molecule has 33 heavy (non-hydrogen) atoms. The van der Waals surface area contributed by atoms with Crippen molar-refractivity contribution in [3.63, 3.8) is 0 Å². The van der Waals surface area contributed by atoms with E-state index in [1.165, 1.54) is 29.2 Å². The fourth-order valence-electron chi connectivity index (χ4n) is 3.75. The average molecular weight is 567 g/mol. The summed E-state index contributed by atoms with van der Waals surface area (Å²) >= 11 is 1.96. The fraction of sp³-hybridized carbons (Fsp3) is 0.227. The largest absolute Gasteiger partial charge is 0.490 e. The standard InChI is InChI=1S/C22H20F2IN5O3/c23-13-8-18(28-17-4-3-14(25)10-16(17)24)20(21(26)31)19(9-13)33-11-15-2-1-6-30(15)22(32)29-7-5-27-12-29/h3-5,7-10,12,15,28H,1-2,6,11H2,(H2,26,31)/t15-/m1/s1. The van der Waals surface area contributed by atoms with Gasteiger partial charge in [0.1, 0.15) is 35.9 Å². The third kappa shape index (κ3) is 5.07. The van der Waals surface area contributed by atoms with Gasteiger partial charge in [0.25, 0.3) is 5.91 Å². The van der Waals surface area contributed by atoms with Gasteiger partial charge in [0, 0.05) is 28.6 Å². The van der Waals surface area contributed by atoms with E-state index in [9.17, 15) is 18.4 Å². The molecule has 11 heteroatoms. The van der Waals surface area contributed by atoms with Crippen molar-refractivity contribution < 1.29 is 23.1 Å². The Bertz CT molecular complexity index is 1190. The van der Waals surface area contributed by atoms with Crippen LogP contribution < -0.4 is 15.8 Å². The van der Waals surface area contributed by atoms with Gasteiger partial charge in [-0.1, -0.05) is 0 Å². The molecule has 1 aliphatic heterocycles. The van der Waals surface area contributed by atoms with E-state index in [-0.39, 0.29) is 41.4 Å². The summed E-state index contributed by atoms with van der Waals surface area (Å²) in [4.78, 5) is 30.4. The molecule has 2 aromatic carbocycles. The van der Waals surface area contributed by atoms with Crippen molar-refractivity contribution in [3.05, 3.63) is 69.8 Å². The smallest absolute Gasteiger partial charge is 0.329 e. The van der Waals surface area contributed by atoms with Crippen molar-refractivity contribution in [2.45, 2.75) is 18.9 Å². The number of amides is 2. The van der Waals surface area contributed by atoms with Crippen LogP contribution in [0.5, 0.6) is 5.75 Å². The van der Waals surface area contributed by atoms with E-state index < -0.39 is 17.5 Å². The summed E-state index contributed by atoms with van der Waals surface area (Å²) in [6.45, 7) is 0.567. The van der Waals surface area contributed by atoms with Crippen LogP contribution in [0.3, 0.4) is 0 Å². The van der Waals surface area contributed by atoms with Crippen LogP contribution in [-0.2, 0) is 0 Å². The van der Waals surface area contributed by atoms with Crippen molar-refractivity contribution in [1.29, 1.82) is 0 Å². The minimum atomic E-state index is -0.865. The first-order valence-corrected chi connectivity index (χ1v) is 11.2. The molecule has 3 N–H and O–H groups in total. The molecule has 172 valence electrons. The van der Waals surface area contributed by atoms with Gasteiger partial charge >= 0.3 is 6.03 Å². The third-order valence-electron chi connectivity index (χ3n) is 5.29. The van der Waals surface area contributed by atoms with Crippen molar-refractivity contribution in [3.8, 4) is 5.75 Å². The van der Waals surface area contributed by atoms with Gasteiger partial charge in [0.05, 0.1) is 17.4 Å². The Labute approximate surface area is 201 Å². The Morgan fingerprint density at radius 2 is 2.06 bits per heavy atom. The number of nitrogens with two attached hydrogens (primary N) is 1. The second-order valence-corrected chi connectivity index (χ2v) is 8.74. The minimum Gasteiger partial charge on any atom is -0.490 e. The number of primary amides is 1. The zero-order valence-electron chi connectivity index (χ0n) is 17.3. The zero-order valence-corrected chi connectivity index (χ0v) is 19.5. The predicted molar refractivity (Wildman–Crippen MR) is 126 cm³/mol. The van der Waals surface area contributed by atoms with Crippen LogP contribution in [0.2, 0.25) is 0 Å². The molecule has 0 saturated carbocycles. The lowest BCUT2D eigenvalue weighted by Gasteiger charge is -2.25. The van der Waals surface area contributed by atoms with E-state index in [0.29, 0.717) is 16.5 Å². The number of rotatable bonds is 6. The third-order valence-corrected chi connectivity index (χ3v) is 5.96. The maximum atomic E-state index is 14.4. The summed E-state index contributed by atoms with van der Waals surface area (Å²) in [7, 11) is 0. The van der Waals surface area contributed by atoms with E-state index in [4.69, 9.17) is 10.5 Å². The number of hydrogen-bond donors (Lipinski definition) is 2.